The third kappa shape index (κ3) is 4.45. The summed E-state index contributed by atoms with van der Waals surface area (Å²) in [4.78, 5) is 13.6. The van der Waals surface area contributed by atoms with Crippen molar-refractivity contribution in [3.05, 3.63) is 69.2 Å². The first kappa shape index (κ1) is 21.0. The van der Waals surface area contributed by atoms with Crippen molar-refractivity contribution < 1.29 is 23.1 Å². The molecule has 1 aliphatic rings. The number of carboxylic acid groups (broad SMARTS) is 1. The van der Waals surface area contributed by atoms with E-state index in [1.54, 1.807) is 29.2 Å². The van der Waals surface area contributed by atoms with Crippen LogP contribution in [0.4, 0.5) is 13.2 Å². The van der Waals surface area contributed by atoms with Crippen molar-refractivity contribution in [2.75, 3.05) is 6.54 Å². The van der Waals surface area contributed by atoms with Gasteiger partial charge < -0.3 is 5.11 Å². The fourth-order valence-corrected chi connectivity index (χ4v) is 4.03. The van der Waals surface area contributed by atoms with Gasteiger partial charge in [-0.3, -0.25) is 9.69 Å². The van der Waals surface area contributed by atoms with E-state index in [1.165, 1.54) is 12.1 Å². The van der Waals surface area contributed by atoms with Gasteiger partial charge >= 0.3 is 12.1 Å². The van der Waals surface area contributed by atoms with Crippen molar-refractivity contribution in [3.8, 4) is 0 Å². The zero-order chi connectivity index (χ0) is 20.5. The first-order valence-electron chi connectivity index (χ1n) is 8.79. The molecule has 2 unspecified atom stereocenters. The first-order valence-corrected chi connectivity index (χ1v) is 9.54. The molecule has 1 aliphatic heterocycles. The van der Waals surface area contributed by atoms with Crippen LogP contribution in [0.15, 0.2) is 42.5 Å². The van der Waals surface area contributed by atoms with Gasteiger partial charge in [0.25, 0.3) is 0 Å². The lowest BCUT2D eigenvalue weighted by molar-refractivity contribution is -0.145. The number of hydrogen-bond donors (Lipinski definition) is 1. The molecule has 0 spiro atoms. The van der Waals surface area contributed by atoms with Crippen molar-refractivity contribution in [1.82, 2.24) is 4.90 Å². The van der Waals surface area contributed by atoms with Crippen molar-refractivity contribution in [2.24, 2.45) is 0 Å². The third-order valence-electron chi connectivity index (χ3n) is 4.96. The minimum absolute atomic E-state index is 0.340. The molecule has 0 aliphatic carbocycles. The second kappa shape index (κ2) is 8.31. The van der Waals surface area contributed by atoms with E-state index in [-0.39, 0.29) is 5.02 Å². The largest absolute Gasteiger partial charge is 0.480 e. The summed E-state index contributed by atoms with van der Waals surface area (Å²) in [6, 6.07) is 9.01. The summed E-state index contributed by atoms with van der Waals surface area (Å²) in [7, 11) is 0. The SMILES string of the molecule is O=C(O)C1CCCCN1C(c1ccc(Cl)cc1)c1ccc(Cl)c(C(F)(F)F)c1. The topological polar surface area (TPSA) is 40.5 Å². The van der Waals surface area contributed by atoms with Crippen molar-refractivity contribution in [3.63, 3.8) is 0 Å². The number of benzene rings is 2. The smallest absolute Gasteiger partial charge is 0.417 e. The fraction of sp³-hybridized carbons (Fsp3) is 0.350. The van der Waals surface area contributed by atoms with Crippen LogP contribution in [-0.4, -0.2) is 28.6 Å². The van der Waals surface area contributed by atoms with E-state index in [0.717, 1.165) is 18.9 Å². The van der Waals surface area contributed by atoms with Gasteiger partial charge in [0.2, 0.25) is 0 Å². The molecule has 0 radical (unpaired) electrons. The molecule has 3 rings (SSSR count). The lowest BCUT2D eigenvalue weighted by Gasteiger charge is -2.40. The summed E-state index contributed by atoms with van der Waals surface area (Å²) in [6.07, 6.45) is -2.63. The van der Waals surface area contributed by atoms with Crippen LogP contribution >= 0.6 is 23.2 Å². The van der Waals surface area contributed by atoms with Crippen LogP contribution in [0, 0.1) is 0 Å². The normalized spacial score (nSPS) is 19.4. The average molecular weight is 432 g/mol. The highest BCUT2D eigenvalue weighted by Crippen LogP contribution is 2.40. The summed E-state index contributed by atoms with van der Waals surface area (Å²) in [5, 5.41) is 9.76. The Morgan fingerprint density at radius 1 is 1.07 bits per heavy atom. The zero-order valence-corrected chi connectivity index (χ0v) is 16.2. The molecule has 28 heavy (non-hydrogen) atoms. The maximum Gasteiger partial charge on any atom is 0.417 e. The van der Waals surface area contributed by atoms with Gasteiger partial charge in [0.15, 0.2) is 0 Å². The third-order valence-corrected chi connectivity index (χ3v) is 5.54. The van der Waals surface area contributed by atoms with Gasteiger partial charge in [-0.25, -0.2) is 0 Å². The highest BCUT2D eigenvalue weighted by molar-refractivity contribution is 6.31. The van der Waals surface area contributed by atoms with Gasteiger partial charge in [0.1, 0.15) is 6.04 Å². The predicted molar refractivity (Wildman–Crippen MR) is 102 cm³/mol. The summed E-state index contributed by atoms with van der Waals surface area (Å²) in [6.45, 7) is 0.467. The number of rotatable bonds is 4. The maximum atomic E-state index is 13.4. The average Bonchev–Trinajstić information content (AvgIpc) is 2.64. The molecule has 8 heteroatoms. The van der Waals surface area contributed by atoms with E-state index in [9.17, 15) is 23.1 Å². The van der Waals surface area contributed by atoms with Gasteiger partial charge in [-0.15, -0.1) is 0 Å². The molecule has 0 saturated carbocycles. The van der Waals surface area contributed by atoms with E-state index in [0.29, 0.717) is 29.1 Å². The fourth-order valence-electron chi connectivity index (χ4n) is 3.68. The number of alkyl halides is 3. The molecule has 0 bridgehead atoms. The van der Waals surface area contributed by atoms with Crippen LogP contribution in [0.1, 0.15) is 42.0 Å². The zero-order valence-electron chi connectivity index (χ0n) is 14.7. The summed E-state index contributed by atoms with van der Waals surface area (Å²) in [5.41, 5.74) is 0.0784. The lowest BCUT2D eigenvalue weighted by atomic mass is 9.91. The van der Waals surface area contributed by atoms with Gasteiger partial charge in [-0.2, -0.15) is 13.2 Å². The molecule has 2 aromatic rings. The van der Waals surface area contributed by atoms with E-state index < -0.39 is 29.8 Å². The minimum atomic E-state index is -4.61. The van der Waals surface area contributed by atoms with Crippen LogP contribution in [0.2, 0.25) is 10.0 Å². The summed E-state index contributed by atoms with van der Waals surface area (Å²) < 4.78 is 40.2. The molecule has 1 fully saturated rings. The standard InChI is InChI=1S/C20H18Cl2F3NO2/c21-14-7-4-12(5-8-14)18(26-10-2-1-3-17(26)19(27)28)13-6-9-16(22)15(11-13)20(23,24)25/h4-9,11,17-18H,1-3,10H2,(H,27,28). The summed E-state index contributed by atoms with van der Waals surface area (Å²) >= 11 is 11.7. The van der Waals surface area contributed by atoms with E-state index in [4.69, 9.17) is 23.2 Å². The Labute approximate surface area is 170 Å². The van der Waals surface area contributed by atoms with Crippen LogP contribution in [0.25, 0.3) is 0 Å². The number of likely N-dealkylation sites (tertiary alicyclic amines) is 1. The number of piperidine rings is 1. The van der Waals surface area contributed by atoms with Crippen LogP contribution < -0.4 is 0 Å². The molecule has 0 aromatic heterocycles. The molecular formula is C20H18Cl2F3NO2. The van der Waals surface area contributed by atoms with E-state index >= 15 is 0 Å². The van der Waals surface area contributed by atoms with Crippen LogP contribution in [0.3, 0.4) is 0 Å². The van der Waals surface area contributed by atoms with Crippen LogP contribution in [0.5, 0.6) is 0 Å². The Morgan fingerprint density at radius 3 is 2.32 bits per heavy atom. The first-order chi connectivity index (χ1) is 13.2. The monoisotopic (exact) mass is 431 g/mol. The predicted octanol–water partition coefficient (Wildman–Crippen LogP) is 6.04. The van der Waals surface area contributed by atoms with Gasteiger partial charge in [0, 0.05) is 5.02 Å². The Hall–Kier alpha value is -1.76. The Morgan fingerprint density at radius 2 is 1.71 bits per heavy atom. The van der Waals surface area contributed by atoms with Crippen molar-refractivity contribution in [1.29, 1.82) is 0 Å². The van der Waals surface area contributed by atoms with E-state index in [1.807, 2.05) is 0 Å². The molecule has 1 N–H and O–H groups in total. The summed E-state index contributed by atoms with van der Waals surface area (Å²) in [5.74, 6) is -0.983. The molecule has 3 nitrogen and oxygen atoms in total. The van der Waals surface area contributed by atoms with Crippen LogP contribution in [-0.2, 0) is 11.0 Å². The molecule has 150 valence electrons. The Balaban J connectivity index is 2.14. The number of nitrogens with zero attached hydrogens (tertiary/aromatic N) is 1. The van der Waals surface area contributed by atoms with E-state index in [2.05, 4.69) is 0 Å². The number of carbonyl (C=O) groups is 1. The van der Waals surface area contributed by atoms with Crippen molar-refractivity contribution >= 4 is 29.2 Å². The highest BCUT2D eigenvalue weighted by Gasteiger charge is 2.38. The number of aliphatic carboxylic acids is 1. The minimum Gasteiger partial charge on any atom is -0.480 e. The number of hydrogen-bond acceptors (Lipinski definition) is 2. The molecule has 2 atom stereocenters. The molecule has 1 saturated heterocycles. The second-order valence-corrected chi connectivity index (χ2v) is 7.62. The Bertz CT molecular complexity index is 856. The van der Waals surface area contributed by atoms with Crippen molar-refractivity contribution in [2.45, 2.75) is 37.5 Å². The maximum absolute atomic E-state index is 13.4. The number of carboxylic acids is 1. The van der Waals surface area contributed by atoms with Gasteiger partial charge in [-0.1, -0.05) is 47.8 Å². The Kier molecular flexibility index (Phi) is 6.22. The molecule has 2 aromatic carbocycles. The van der Waals surface area contributed by atoms with Gasteiger partial charge in [0.05, 0.1) is 16.6 Å². The molecule has 1 heterocycles. The molecular weight excluding hydrogens is 414 g/mol. The van der Waals surface area contributed by atoms with Gasteiger partial charge in [-0.05, 0) is 54.8 Å². The lowest BCUT2D eigenvalue weighted by Crippen LogP contribution is -2.46. The molecule has 0 amide bonds. The second-order valence-electron chi connectivity index (χ2n) is 6.78. The highest BCUT2D eigenvalue weighted by atomic mass is 35.5. The number of halogens is 5. The quantitative estimate of drug-likeness (QED) is 0.641.